The van der Waals surface area contributed by atoms with E-state index in [9.17, 15) is 5.11 Å². The number of para-hydroxylation sites is 1. The lowest BCUT2D eigenvalue weighted by Gasteiger charge is -2.22. The molecule has 0 aromatic heterocycles. The summed E-state index contributed by atoms with van der Waals surface area (Å²) in [5.41, 5.74) is 1.08. The molecule has 0 bridgehead atoms. The summed E-state index contributed by atoms with van der Waals surface area (Å²) in [5.74, 6) is 0.888. The van der Waals surface area contributed by atoms with Gasteiger partial charge in [0.1, 0.15) is 5.75 Å². The number of rotatable bonds is 8. The van der Waals surface area contributed by atoms with Gasteiger partial charge in [-0.2, -0.15) is 0 Å². The first-order valence-electron chi connectivity index (χ1n) is 6.82. The highest BCUT2D eigenvalue weighted by Crippen LogP contribution is 2.19. The van der Waals surface area contributed by atoms with E-state index in [-0.39, 0.29) is 6.10 Å². The zero-order valence-corrected chi connectivity index (χ0v) is 11.7. The average Bonchev–Trinajstić information content (AvgIpc) is 2.38. The topological polar surface area (TPSA) is 32.7 Å². The van der Waals surface area contributed by atoms with Crippen LogP contribution in [0.15, 0.2) is 24.3 Å². The maximum atomic E-state index is 10.1. The summed E-state index contributed by atoms with van der Waals surface area (Å²) >= 11 is 0. The van der Waals surface area contributed by atoms with E-state index in [0.29, 0.717) is 19.6 Å². The molecule has 0 spiro atoms. The maximum absolute atomic E-state index is 10.1. The molecule has 18 heavy (non-hydrogen) atoms. The van der Waals surface area contributed by atoms with Crippen LogP contribution in [0.4, 0.5) is 0 Å². The fourth-order valence-corrected chi connectivity index (χ4v) is 2.07. The number of hydrogen-bond acceptors (Lipinski definition) is 3. The smallest absolute Gasteiger partial charge is 0.122 e. The van der Waals surface area contributed by atoms with Gasteiger partial charge in [0, 0.05) is 13.0 Å². The van der Waals surface area contributed by atoms with Crippen molar-refractivity contribution in [3.05, 3.63) is 29.8 Å². The summed E-state index contributed by atoms with van der Waals surface area (Å²) in [4.78, 5) is 2.23. The van der Waals surface area contributed by atoms with Gasteiger partial charge in [0.2, 0.25) is 0 Å². The number of aliphatic hydroxyl groups excluding tert-OH is 1. The highest BCUT2D eigenvalue weighted by atomic mass is 16.5. The zero-order valence-electron chi connectivity index (χ0n) is 11.7. The number of aliphatic hydroxyl groups is 1. The molecule has 0 fully saturated rings. The van der Waals surface area contributed by atoms with Crippen molar-refractivity contribution < 1.29 is 9.84 Å². The standard InChI is InChI=1S/C15H25NO2/c1-4-16(5-2)12-14(17)11-13-9-7-8-10-15(13)18-6-3/h7-10,14,17H,4-6,11-12H2,1-3H3/t14-/m0/s1. The van der Waals surface area contributed by atoms with Crippen LogP contribution in [0.2, 0.25) is 0 Å². The predicted molar refractivity (Wildman–Crippen MR) is 75.1 cm³/mol. The first-order valence-corrected chi connectivity index (χ1v) is 6.82. The van der Waals surface area contributed by atoms with Crippen LogP contribution in [0.1, 0.15) is 26.3 Å². The molecule has 102 valence electrons. The number of ether oxygens (including phenoxy) is 1. The molecule has 0 aliphatic rings. The number of nitrogens with zero attached hydrogens (tertiary/aromatic N) is 1. The molecule has 0 amide bonds. The van der Waals surface area contributed by atoms with Crippen molar-refractivity contribution in [3.63, 3.8) is 0 Å². The molecule has 0 aliphatic heterocycles. The van der Waals surface area contributed by atoms with Crippen molar-refractivity contribution >= 4 is 0 Å². The molecule has 0 aliphatic carbocycles. The van der Waals surface area contributed by atoms with Crippen LogP contribution in [0.25, 0.3) is 0 Å². The van der Waals surface area contributed by atoms with Crippen LogP contribution in [0.3, 0.4) is 0 Å². The fourth-order valence-electron chi connectivity index (χ4n) is 2.07. The second-order valence-corrected chi connectivity index (χ2v) is 4.38. The Balaban J connectivity index is 2.60. The lowest BCUT2D eigenvalue weighted by atomic mass is 10.1. The lowest BCUT2D eigenvalue weighted by Crippen LogP contribution is -2.33. The molecule has 1 atom stereocenters. The van der Waals surface area contributed by atoms with Crippen molar-refractivity contribution in [1.82, 2.24) is 4.90 Å². The average molecular weight is 251 g/mol. The van der Waals surface area contributed by atoms with Crippen molar-refractivity contribution in [1.29, 1.82) is 0 Å². The van der Waals surface area contributed by atoms with Gasteiger partial charge < -0.3 is 14.7 Å². The van der Waals surface area contributed by atoms with Gasteiger partial charge in [0.05, 0.1) is 12.7 Å². The monoisotopic (exact) mass is 251 g/mol. The number of benzene rings is 1. The third-order valence-corrected chi connectivity index (χ3v) is 3.09. The van der Waals surface area contributed by atoms with Crippen molar-refractivity contribution in [2.45, 2.75) is 33.3 Å². The SMILES string of the molecule is CCOc1ccccc1C[C@H](O)CN(CC)CC. The van der Waals surface area contributed by atoms with Gasteiger partial charge in [-0.3, -0.25) is 0 Å². The summed E-state index contributed by atoms with van der Waals surface area (Å²) in [7, 11) is 0. The van der Waals surface area contributed by atoms with Crippen LogP contribution in [0.5, 0.6) is 5.75 Å². The van der Waals surface area contributed by atoms with Crippen LogP contribution in [0, 0.1) is 0 Å². The largest absolute Gasteiger partial charge is 0.494 e. The quantitative estimate of drug-likeness (QED) is 0.769. The highest BCUT2D eigenvalue weighted by molar-refractivity contribution is 5.33. The molecular formula is C15H25NO2. The second kappa shape index (κ2) is 8.11. The van der Waals surface area contributed by atoms with E-state index in [1.165, 1.54) is 0 Å². The second-order valence-electron chi connectivity index (χ2n) is 4.38. The molecule has 3 heteroatoms. The summed E-state index contributed by atoms with van der Waals surface area (Å²) < 4.78 is 5.57. The van der Waals surface area contributed by atoms with Crippen LogP contribution < -0.4 is 4.74 Å². The van der Waals surface area contributed by atoms with Gasteiger partial charge in [-0.05, 0) is 31.6 Å². The lowest BCUT2D eigenvalue weighted by molar-refractivity contribution is 0.117. The molecule has 0 saturated carbocycles. The third kappa shape index (κ3) is 4.67. The molecule has 3 nitrogen and oxygen atoms in total. The van der Waals surface area contributed by atoms with Crippen molar-refractivity contribution in [2.75, 3.05) is 26.2 Å². The Morgan fingerprint density at radius 3 is 2.44 bits per heavy atom. The van der Waals surface area contributed by atoms with Crippen molar-refractivity contribution in [3.8, 4) is 5.75 Å². The first-order chi connectivity index (χ1) is 8.71. The molecule has 1 rings (SSSR count). The van der Waals surface area contributed by atoms with Gasteiger partial charge in [0.15, 0.2) is 0 Å². The minimum Gasteiger partial charge on any atom is -0.494 e. The van der Waals surface area contributed by atoms with Crippen LogP contribution >= 0.6 is 0 Å². The predicted octanol–water partition coefficient (Wildman–Crippen LogP) is 2.33. The molecule has 0 saturated heterocycles. The van der Waals surface area contributed by atoms with Crippen molar-refractivity contribution in [2.24, 2.45) is 0 Å². The Labute approximate surface area is 110 Å². The van der Waals surface area contributed by atoms with Gasteiger partial charge in [-0.1, -0.05) is 32.0 Å². The van der Waals surface area contributed by atoms with Crippen LogP contribution in [-0.2, 0) is 6.42 Å². The molecule has 1 aromatic rings. The fraction of sp³-hybridized carbons (Fsp3) is 0.600. The minimum absolute atomic E-state index is 0.341. The van der Waals surface area contributed by atoms with E-state index in [4.69, 9.17) is 4.74 Å². The molecule has 0 heterocycles. The molecule has 1 N–H and O–H groups in total. The Hall–Kier alpha value is -1.06. The van der Waals surface area contributed by atoms with E-state index in [1.807, 2.05) is 31.2 Å². The maximum Gasteiger partial charge on any atom is 0.122 e. The van der Waals surface area contributed by atoms with E-state index >= 15 is 0 Å². The number of likely N-dealkylation sites (N-methyl/N-ethyl adjacent to an activating group) is 1. The summed E-state index contributed by atoms with van der Waals surface area (Å²) in [6, 6.07) is 7.94. The van der Waals surface area contributed by atoms with Crippen LogP contribution in [-0.4, -0.2) is 42.4 Å². The summed E-state index contributed by atoms with van der Waals surface area (Å²) in [5, 5.41) is 10.1. The molecule has 1 aromatic carbocycles. The van der Waals surface area contributed by atoms with E-state index < -0.39 is 0 Å². The summed E-state index contributed by atoms with van der Waals surface area (Å²) in [6.07, 6.45) is 0.304. The summed E-state index contributed by atoms with van der Waals surface area (Å²) in [6.45, 7) is 9.52. The Bertz CT molecular complexity index is 337. The Morgan fingerprint density at radius 2 is 1.83 bits per heavy atom. The van der Waals surface area contributed by atoms with E-state index in [0.717, 1.165) is 24.4 Å². The van der Waals surface area contributed by atoms with E-state index in [2.05, 4.69) is 18.7 Å². The first kappa shape index (κ1) is 15.0. The molecule has 0 unspecified atom stereocenters. The van der Waals surface area contributed by atoms with E-state index in [1.54, 1.807) is 0 Å². The van der Waals surface area contributed by atoms with Gasteiger partial charge in [-0.25, -0.2) is 0 Å². The Kier molecular flexibility index (Phi) is 6.76. The highest BCUT2D eigenvalue weighted by Gasteiger charge is 2.12. The number of hydrogen-bond donors (Lipinski definition) is 1. The van der Waals surface area contributed by atoms with Gasteiger partial charge in [-0.15, -0.1) is 0 Å². The van der Waals surface area contributed by atoms with Gasteiger partial charge in [0.25, 0.3) is 0 Å². The molecule has 0 radical (unpaired) electrons. The Morgan fingerprint density at radius 1 is 1.17 bits per heavy atom. The zero-order chi connectivity index (χ0) is 13.4. The normalized spacial score (nSPS) is 12.7. The third-order valence-electron chi connectivity index (χ3n) is 3.09. The van der Waals surface area contributed by atoms with Gasteiger partial charge >= 0.3 is 0 Å². The minimum atomic E-state index is -0.341. The molecular weight excluding hydrogens is 226 g/mol.